The van der Waals surface area contributed by atoms with Gasteiger partial charge < -0.3 is 4.42 Å². The molecule has 1 aromatic rings. The van der Waals surface area contributed by atoms with Crippen molar-refractivity contribution in [1.29, 1.82) is 0 Å². The van der Waals surface area contributed by atoms with Crippen LogP contribution in [-0.4, -0.2) is 8.07 Å². The average Bonchev–Trinajstić information content (AvgIpc) is 2.38. The van der Waals surface area contributed by atoms with Crippen molar-refractivity contribution >= 4 is 13.5 Å². The van der Waals surface area contributed by atoms with E-state index in [9.17, 15) is 0 Å². The molecule has 0 aliphatic carbocycles. The molecular formula is C8H14OSi. The van der Waals surface area contributed by atoms with E-state index in [0.29, 0.717) is 0 Å². The first-order valence-corrected chi connectivity index (χ1v) is 6.91. The lowest BCUT2D eigenvalue weighted by Crippen LogP contribution is -2.39. The third-order valence-corrected chi connectivity index (χ3v) is 5.46. The van der Waals surface area contributed by atoms with Gasteiger partial charge in [0, 0.05) is 0 Å². The molecular weight excluding hydrogens is 140 g/mol. The Hall–Kier alpha value is -0.503. The SMILES string of the molecule is CC[Si](C)(C)c1ccco1. The van der Waals surface area contributed by atoms with Crippen LogP contribution in [0.1, 0.15) is 6.92 Å². The van der Waals surface area contributed by atoms with Crippen LogP contribution in [0.3, 0.4) is 0 Å². The van der Waals surface area contributed by atoms with E-state index in [1.54, 1.807) is 6.26 Å². The number of furan rings is 1. The standard InChI is InChI=1S/C8H14OSi/c1-4-10(2,3)8-6-5-7-9-8/h5-7H,4H2,1-3H3. The van der Waals surface area contributed by atoms with E-state index in [-0.39, 0.29) is 0 Å². The maximum Gasteiger partial charge on any atom is 0.126 e. The monoisotopic (exact) mass is 154 g/mol. The van der Waals surface area contributed by atoms with Crippen LogP contribution in [0.2, 0.25) is 19.1 Å². The molecule has 1 rings (SSSR count). The van der Waals surface area contributed by atoms with Crippen molar-refractivity contribution in [1.82, 2.24) is 0 Å². The van der Waals surface area contributed by atoms with E-state index in [4.69, 9.17) is 4.42 Å². The lowest BCUT2D eigenvalue weighted by molar-refractivity contribution is 0.597. The molecule has 1 heterocycles. The Morgan fingerprint density at radius 2 is 2.20 bits per heavy atom. The average molecular weight is 154 g/mol. The second-order valence-corrected chi connectivity index (χ2v) is 8.18. The molecule has 10 heavy (non-hydrogen) atoms. The van der Waals surface area contributed by atoms with Crippen molar-refractivity contribution in [2.24, 2.45) is 0 Å². The van der Waals surface area contributed by atoms with E-state index in [0.717, 1.165) is 0 Å². The predicted octanol–water partition coefficient (Wildman–Crippen LogP) is 2.21. The summed E-state index contributed by atoms with van der Waals surface area (Å²) in [5.74, 6) is 0. The zero-order valence-electron chi connectivity index (χ0n) is 6.85. The maximum absolute atomic E-state index is 5.35. The van der Waals surface area contributed by atoms with Crippen LogP contribution in [0.25, 0.3) is 0 Å². The van der Waals surface area contributed by atoms with Gasteiger partial charge in [0.2, 0.25) is 0 Å². The Morgan fingerprint density at radius 1 is 1.50 bits per heavy atom. The second-order valence-electron chi connectivity index (χ2n) is 3.21. The van der Waals surface area contributed by atoms with E-state index in [2.05, 4.69) is 26.1 Å². The van der Waals surface area contributed by atoms with Gasteiger partial charge in [-0.2, -0.15) is 0 Å². The predicted molar refractivity (Wildman–Crippen MR) is 46.3 cm³/mol. The molecule has 0 unspecified atom stereocenters. The largest absolute Gasteiger partial charge is 0.475 e. The molecule has 0 bridgehead atoms. The molecule has 0 atom stereocenters. The summed E-state index contributed by atoms with van der Waals surface area (Å²) >= 11 is 0. The molecule has 56 valence electrons. The fraction of sp³-hybridized carbons (Fsp3) is 0.500. The van der Waals surface area contributed by atoms with Crippen LogP contribution >= 0.6 is 0 Å². The summed E-state index contributed by atoms with van der Waals surface area (Å²) in [5.41, 5.74) is 0. The lowest BCUT2D eigenvalue weighted by Gasteiger charge is -2.15. The van der Waals surface area contributed by atoms with Gasteiger partial charge in [0.1, 0.15) is 8.07 Å². The third kappa shape index (κ3) is 1.32. The van der Waals surface area contributed by atoms with E-state index in [1.165, 1.54) is 11.4 Å². The van der Waals surface area contributed by atoms with Crippen molar-refractivity contribution in [2.75, 3.05) is 0 Å². The minimum atomic E-state index is -1.17. The second kappa shape index (κ2) is 2.62. The first-order chi connectivity index (χ1) is 4.67. The van der Waals surface area contributed by atoms with E-state index >= 15 is 0 Å². The molecule has 0 aromatic carbocycles. The van der Waals surface area contributed by atoms with Crippen LogP contribution in [0.5, 0.6) is 0 Å². The number of hydrogen-bond acceptors (Lipinski definition) is 1. The highest BCUT2D eigenvalue weighted by molar-refractivity contribution is 6.88. The minimum absolute atomic E-state index is 1.17. The minimum Gasteiger partial charge on any atom is -0.475 e. The molecule has 0 aliphatic rings. The molecule has 0 N–H and O–H groups in total. The molecule has 0 saturated carbocycles. The van der Waals surface area contributed by atoms with Gasteiger partial charge in [-0.25, -0.2) is 0 Å². The van der Waals surface area contributed by atoms with Gasteiger partial charge in [-0.05, 0) is 12.1 Å². The van der Waals surface area contributed by atoms with Crippen LogP contribution in [-0.2, 0) is 0 Å². The van der Waals surface area contributed by atoms with Gasteiger partial charge in [0.25, 0.3) is 0 Å². The zero-order valence-corrected chi connectivity index (χ0v) is 7.85. The molecule has 2 heteroatoms. The molecule has 0 radical (unpaired) electrons. The van der Waals surface area contributed by atoms with Crippen molar-refractivity contribution in [3.05, 3.63) is 18.4 Å². The highest BCUT2D eigenvalue weighted by atomic mass is 28.3. The smallest absolute Gasteiger partial charge is 0.126 e. The van der Waals surface area contributed by atoms with Crippen molar-refractivity contribution in [2.45, 2.75) is 26.1 Å². The van der Waals surface area contributed by atoms with Gasteiger partial charge in [-0.1, -0.05) is 26.1 Å². The van der Waals surface area contributed by atoms with Crippen LogP contribution < -0.4 is 5.38 Å². The Labute approximate surface area is 63.1 Å². The van der Waals surface area contributed by atoms with Crippen molar-refractivity contribution in [3.63, 3.8) is 0 Å². The first-order valence-electron chi connectivity index (χ1n) is 3.71. The molecule has 0 aliphatic heterocycles. The molecule has 1 nitrogen and oxygen atoms in total. The molecule has 0 amide bonds. The first kappa shape index (κ1) is 7.60. The highest BCUT2D eigenvalue weighted by Crippen LogP contribution is 2.08. The number of hydrogen-bond donors (Lipinski definition) is 0. The molecule has 0 fully saturated rings. The van der Waals surface area contributed by atoms with Gasteiger partial charge in [-0.3, -0.25) is 0 Å². The maximum atomic E-state index is 5.35. The quantitative estimate of drug-likeness (QED) is 0.595. The summed E-state index contributed by atoms with van der Waals surface area (Å²) in [4.78, 5) is 0. The summed E-state index contributed by atoms with van der Waals surface area (Å²) in [6.07, 6.45) is 1.76. The van der Waals surface area contributed by atoms with Crippen LogP contribution in [0.4, 0.5) is 0 Å². The fourth-order valence-electron chi connectivity index (χ4n) is 0.838. The number of rotatable bonds is 2. The zero-order chi connectivity index (χ0) is 7.61. The van der Waals surface area contributed by atoms with Gasteiger partial charge in [0.05, 0.1) is 11.6 Å². The van der Waals surface area contributed by atoms with Gasteiger partial charge in [0.15, 0.2) is 0 Å². The topological polar surface area (TPSA) is 13.1 Å². The van der Waals surface area contributed by atoms with Crippen LogP contribution in [0.15, 0.2) is 22.8 Å². The highest BCUT2D eigenvalue weighted by Gasteiger charge is 2.23. The summed E-state index contributed by atoms with van der Waals surface area (Å²) in [5, 5.41) is 1.22. The summed E-state index contributed by atoms with van der Waals surface area (Å²) < 4.78 is 5.35. The fourth-order valence-corrected chi connectivity index (χ4v) is 2.12. The van der Waals surface area contributed by atoms with Gasteiger partial charge >= 0.3 is 0 Å². The van der Waals surface area contributed by atoms with Gasteiger partial charge in [-0.15, -0.1) is 0 Å². The van der Waals surface area contributed by atoms with Crippen LogP contribution in [0, 0.1) is 0 Å². The Morgan fingerprint density at radius 3 is 2.60 bits per heavy atom. The van der Waals surface area contributed by atoms with Crippen molar-refractivity contribution in [3.8, 4) is 0 Å². The van der Waals surface area contributed by atoms with E-state index < -0.39 is 8.07 Å². The summed E-state index contributed by atoms with van der Waals surface area (Å²) in [6, 6.07) is 5.32. The summed E-state index contributed by atoms with van der Waals surface area (Å²) in [6.45, 7) is 6.88. The molecule has 0 spiro atoms. The lowest BCUT2D eigenvalue weighted by atomic mass is 10.7. The Kier molecular flexibility index (Phi) is 1.99. The Bertz CT molecular complexity index is 189. The summed E-state index contributed by atoms with van der Waals surface area (Å²) in [7, 11) is -1.17. The molecule has 0 saturated heterocycles. The Balaban J connectivity index is 2.85. The van der Waals surface area contributed by atoms with Crippen molar-refractivity contribution < 1.29 is 4.42 Å². The normalized spacial score (nSPS) is 11.9. The molecule has 1 aromatic heterocycles. The van der Waals surface area contributed by atoms with E-state index in [1.807, 2.05) is 6.07 Å². The third-order valence-electron chi connectivity index (χ3n) is 2.07.